The van der Waals surface area contributed by atoms with E-state index in [0.717, 1.165) is 16.7 Å². The van der Waals surface area contributed by atoms with Gasteiger partial charge < -0.3 is 5.32 Å². The number of carbonyl (C=O) groups is 1. The van der Waals surface area contributed by atoms with E-state index in [9.17, 15) is 13.2 Å². The number of halogens is 1. The first-order valence-corrected chi connectivity index (χ1v) is 11.3. The van der Waals surface area contributed by atoms with Crippen molar-refractivity contribution >= 4 is 27.5 Å². The topological polar surface area (TPSA) is 66.5 Å². The first-order valence-electron chi connectivity index (χ1n) is 9.46. The van der Waals surface area contributed by atoms with Gasteiger partial charge in [-0.3, -0.25) is 4.79 Å². The Kier molecular flexibility index (Phi) is 7.26. The Hall–Kier alpha value is -2.67. The number of hydrogen-bond donors (Lipinski definition) is 1. The van der Waals surface area contributed by atoms with Crippen LogP contribution in [0.25, 0.3) is 0 Å². The second-order valence-electron chi connectivity index (χ2n) is 6.98. The largest absolute Gasteiger partial charge is 0.351 e. The van der Waals surface area contributed by atoms with Gasteiger partial charge in [-0.25, -0.2) is 8.42 Å². The minimum absolute atomic E-state index is 0.0870. The Morgan fingerprint density at radius 1 is 0.933 bits per heavy atom. The summed E-state index contributed by atoms with van der Waals surface area (Å²) in [5.74, 6) is -0.370. The van der Waals surface area contributed by atoms with Crippen molar-refractivity contribution in [3.63, 3.8) is 0 Å². The molecule has 1 amide bonds. The molecule has 1 N–H and O–H groups in total. The van der Waals surface area contributed by atoms with Gasteiger partial charge in [-0.1, -0.05) is 71.8 Å². The number of amides is 1. The molecule has 0 fully saturated rings. The molecule has 0 radical (unpaired) electrons. The quantitative estimate of drug-likeness (QED) is 0.569. The maximum Gasteiger partial charge on any atom is 0.243 e. The van der Waals surface area contributed by atoms with Gasteiger partial charge in [-0.05, 0) is 42.3 Å². The Balaban J connectivity index is 1.78. The van der Waals surface area contributed by atoms with Crippen molar-refractivity contribution in [1.82, 2.24) is 9.62 Å². The third-order valence-electron chi connectivity index (χ3n) is 4.55. The van der Waals surface area contributed by atoms with Gasteiger partial charge in [0.05, 0.1) is 11.4 Å². The van der Waals surface area contributed by atoms with Crippen molar-refractivity contribution in [2.45, 2.75) is 24.9 Å². The molecule has 0 spiro atoms. The summed E-state index contributed by atoms with van der Waals surface area (Å²) < 4.78 is 27.6. The fourth-order valence-electron chi connectivity index (χ4n) is 3.01. The summed E-state index contributed by atoms with van der Waals surface area (Å²) in [6, 6.07) is 22.9. The smallest absolute Gasteiger partial charge is 0.243 e. The predicted octanol–water partition coefficient (Wildman–Crippen LogP) is 4.16. The summed E-state index contributed by atoms with van der Waals surface area (Å²) in [6.45, 7) is 2.11. The molecule has 0 atom stereocenters. The van der Waals surface area contributed by atoms with E-state index in [1.165, 1.54) is 28.6 Å². The van der Waals surface area contributed by atoms with Crippen LogP contribution >= 0.6 is 11.6 Å². The first kappa shape index (κ1) is 22.0. The molecule has 0 unspecified atom stereocenters. The summed E-state index contributed by atoms with van der Waals surface area (Å²) in [6.07, 6.45) is 0. The molecule has 0 bridgehead atoms. The van der Waals surface area contributed by atoms with Crippen molar-refractivity contribution in [3.8, 4) is 0 Å². The lowest BCUT2D eigenvalue weighted by Gasteiger charge is -2.22. The van der Waals surface area contributed by atoms with Gasteiger partial charge >= 0.3 is 0 Å². The third-order valence-corrected chi connectivity index (χ3v) is 6.60. The molecule has 0 aliphatic carbocycles. The maximum atomic E-state index is 13.2. The van der Waals surface area contributed by atoms with Crippen molar-refractivity contribution < 1.29 is 13.2 Å². The molecule has 7 heteroatoms. The van der Waals surface area contributed by atoms with Gasteiger partial charge in [0.2, 0.25) is 15.9 Å². The number of carbonyl (C=O) groups excluding carboxylic acids is 1. The summed E-state index contributed by atoms with van der Waals surface area (Å²) >= 11 is 5.89. The van der Waals surface area contributed by atoms with Crippen LogP contribution in [0, 0.1) is 6.92 Å². The molecule has 0 heterocycles. The standard InChI is InChI=1S/C23H23ClN2O3S/c1-18-6-5-9-20(14-18)15-25-23(27)17-26(16-19-7-3-2-4-8-19)30(28,29)22-12-10-21(24)11-13-22/h2-14H,15-17H2,1H3,(H,25,27). The highest BCUT2D eigenvalue weighted by atomic mass is 35.5. The predicted molar refractivity (Wildman–Crippen MR) is 119 cm³/mol. The number of hydrogen-bond acceptors (Lipinski definition) is 3. The maximum absolute atomic E-state index is 13.2. The molecule has 0 aliphatic rings. The zero-order valence-electron chi connectivity index (χ0n) is 16.6. The zero-order valence-corrected chi connectivity index (χ0v) is 18.2. The van der Waals surface area contributed by atoms with Crippen LogP contribution in [0.2, 0.25) is 5.02 Å². The van der Waals surface area contributed by atoms with Crippen molar-refractivity contribution in [3.05, 3.63) is 101 Å². The third kappa shape index (κ3) is 5.92. The van der Waals surface area contributed by atoms with Crippen molar-refractivity contribution in [2.75, 3.05) is 6.54 Å². The van der Waals surface area contributed by atoms with E-state index in [-0.39, 0.29) is 23.9 Å². The minimum atomic E-state index is -3.89. The Labute approximate surface area is 182 Å². The lowest BCUT2D eigenvalue weighted by molar-refractivity contribution is -0.121. The highest BCUT2D eigenvalue weighted by Gasteiger charge is 2.26. The van der Waals surface area contributed by atoms with Crippen LogP contribution in [-0.2, 0) is 27.9 Å². The summed E-state index contributed by atoms with van der Waals surface area (Å²) in [5.41, 5.74) is 2.85. The van der Waals surface area contributed by atoms with E-state index < -0.39 is 10.0 Å². The fourth-order valence-corrected chi connectivity index (χ4v) is 4.52. The monoisotopic (exact) mass is 442 g/mol. The lowest BCUT2D eigenvalue weighted by Crippen LogP contribution is -2.40. The van der Waals surface area contributed by atoms with Crippen LogP contribution < -0.4 is 5.32 Å². The van der Waals surface area contributed by atoms with Crippen LogP contribution in [0.15, 0.2) is 83.8 Å². The molecule has 0 aromatic heterocycles. The zero-order chi connectivity index (χ0) is 21.6. The van der Waals surface area contributed by atoms with Crippen molar-refractivity contribution in [1.29, 1.82) is 0 Å². The van der Waals surface area contributed by atoms with E-state index in [2.05, 4.69) is 5.32 Å². The number of nitrogens with zero attached hydrogens (tertiary/aromatic N) is 1. The SMILES string of the molecule is Cc1cccc(CNC(=O)CN(Cc2ccccc2)S(=O)(=O)c2ccc(Cl)cc2)c1. The normalized spacial score (nSPS) is 11.4. The molecule has 0 saturated heterocycles. The highest BCUT2D eigenvalue weighted by molar-refractivity contribution is 7.89. The molecule has 3 aromatic carbocycles. The van der Waals surface area contributed by atoms with Gasteiger partial charge in [0, 0.05) is 18.1 Å². The van der Waals surface area contributed by atoms with Gasteiger partial charge in [0.25, 0.3) is 0 Å². The lowest BCUT2D eigenvalue weighted by atomic mass is 10.1. The number of rotatable bonds is 8. The van der Waals surface area contributed by atoms with E-state index in [1.54, 1.807) is 0 Å². The molecule has 156 valence electrons. The number of sulfonamides is 1. The minimum Gasteiger partial charge on any atom is -0.351 e. The van der Waals surface area contributed by atoms with E-state index in [0.29, 0.717) is 11.6 Å². The number of benzene rings is 3. The van der Waals surface area contributed by atoms with Gasteiger partial charge in [0.15, 0.2) is 0 Å². The van der Waals surface area contributed by atoms with Crippen molar-refractivity contribution in [2.24, 2.45) is 0 Å². The Morgan fingerprint density at radius 3 is 2.27 bits per heavy atom. The van der Waals surface area contributed by atoms with E-state index in [4.69, 9.17) is 11.6 Å². The Morgan fingerprint density at radius 2 is 1.60 bits per heavy atom. The van der Waals surface area contributed by atoms with Crippen LogP contribution in [0.5, 0.6) is 0 Å². The average molecular weight is 443 g/mol. The summed E-state index contributed by atoms with van der Waals surface area (Å²) in [4.78, 5) is 12.7. The summed E-state index contributed by atoms with van der Waals surface area (Å²) in [7, 11) is -3.89. The van der Waals surface area contributed by atoms with Crippen LogP contribution in [-0.4, -0.2) is 25.2 Å². The molecule has 0 saturated carbocycles. The Bertz CT molecular complexity index is 1100. The van der Waals surface area contributed by atoms with E-state index in [1.807, 2.05) is 61.5 Å². The molecule has 3 rings (SSSR count). The number of nitrogens with one attached hydrogen (secondary N) is 1. The molecule has 0 aliphatic heterocycles. The average Bonchev–Trinajstić information content (AvgIpc) is 2.73. The van der Waals surface area contributed by atoms with E-state index >= 15 is 0 Å². The molecule has 3 aromatic rings. The molecular formula is C23H23ClN2O3S. The van der Waals surface area contributed by atoms with Crippen LogP contribution in [0.1, 0.15) is 16.7 Å². The second kappa shape index (κ2) is 9.89. The molecule has 30 heavy (non-hydrogen) atoms. The van der Waals surface area contributed by atoms with Gasteiger partial charge in [-0.2, -0.15) is 4.31 Å². The molecule has 5 nitrogen and oxygen atoms in total. The first-order chi connectivity index (χ1) is 14.3. The van der Waals surface area contributed by atoms with Gasteiger partial charge in [-0.15, -0.1) is 0 Å². The van der Waals surface area contributed by atoms with Crippen LogP contribution in [0.4, 0.5) is 0 Å². The second-order valence-corrected chi connectivity index (χ2v) is 9.35. The fraction of sp³-hybridized carbons (Fsp3) is 0.174. The molecular weight excluding hydrogens is 420 g/mol. The van der Waals surface area contributed by atoms with Gasteiger partial charge in [0.1, 0.15) is 0 Å². The van der Waals surface area contributed by atoms with Crippen LogP contribution in [0.3, 0.4) is 0 Å². The summed E-state index contributed by atoms with van der Waals surface area (Å²) in [5, 5.41) is 3.25. The number of aryl methyl sites for hydroxylation is 1. The highest BCUT2D eigenvalue weighted by Crippen LogP contribution is 2.20.